The van der Waals surface area contributed by atoms with Crippen molar-refractivity contribution >= 4 is 11.8 Å². The molecule has 1 heterocycles. The summed E-state index contributed by atoms with van der Waals surface area (Å²) in [5.41, 5.74) is 0.368. The third-order valence-corrected chi connectivity index (χ3v) is 3.30. The molecule has 0 unspecified atom stereocenters. The molecule has 0 aromatic carbocycles. The smallest absolute Gasteiger partial charge is 0.441 e. The molecule has 6 heteroatoms. The molecule has 84 valence electrons. The summed E-state index contributed by atoms with van der Waals surface area (Å²) in [6, 6.07) is 0. The Morgan fingerprint density at radius 2 is 2.20 bits per heavy atom. The molecule has 0 aliphatic heterocycles. The quantitative estimate of drug-likeness (QED) is 0.803. The van der Waals surface area contributed by atoms with Crippen LogP contribution in [0.15, 0.2) is 10.7 Å². The fraction of sp³-hybridized carbons (Fsp3) is 0.667. The number of rotatable bonds is 4. The first-order chi connectivity index (χ1) is 7.05. The SMILES string of the molecule is FC(F)(F)c1nc(CSCC2CC2)co1. The summed E-state index contributed by atoms with van der Waals surface area (Å²) in [5, 5.41) is 0. The lowest BCUT2D eigenvalue weighted by Crippen LogP contribution is -2.05. The maximum atomic E-state index is 12.1. The zero-order valence-electron chi connectivity index (χ0n) is 7.88. The van der Waals surface area contributed by atoms with Gasteiger partial charge in [-0.25, -0.2) is 4.98 Å². The Bertz CT molecular complexity index is 332. The summed E-state index contributed by atoms with van der Waals surface area (Å²) in [5.74, 6) is 1.12. The second-order valence-electron chi connectivity index (χ2n) is 3.60. The van der Waals surface area contributed by atoms with E-state index in [9.17, 15) is 13.2 Å². The summed E-state index contributed by atoms with van der Waals surface area (Å²) in [6.07, 6.45) is -0.888. The highest BCUT2D eigenvalue weighted by molar-refractivity contribution is 7.98. The second-order valence-corrected chi connectivity index (χ2v) is 4.63. The van der Waals surface area contributed by atoms with Crippen molar-refractivity contribution in [3.8, 4) is 0 Å². The van der Waals surface area contributed by atoms with Crippen LogP contribution in [0.1, 0.15) is 24.4 Å². The van der Waals surface area contributed by atoms with Gasteiger partial charge in [-0.15, -0.1) is 0 Å². The molecule has 0 amide bonds. The summed E-state index contributed by atoms with van der Waals surface area (Å²) >= 11 is 1.61. The van der Waals surface area contributed by atoms with E-state index in [-0.39, 0.29) is 0 Å². The van der Waals surface area contributed by atoms with Crippen LogP contribution < -0.4 is 0 Å². The number of hydrogen-bond donors (Lipinski definition) is 0. The number of aromatic nitrogens is 1. The van der Waals surface area contributed by atoms with Gasteiger partial charge in [0.1, 0.15) is 6.26 Å². The van der Waals surface area contributed by atoms with Crippen molar-refractivity contribution in [3.05, 3.63) is 17.8 Å². The zero-order chi connectivity index (χ0) is 10.9. The van der Waals surface area contributed by atoms with Gasteiger partial charge in [-0.05, 0) is 24.5 Å². The van der Waals surface area contributed by atoms with Gasteiger partial charge in [0.2, 0.25) is 0 Å². The van der Waals surface area contributed by atoms with Gasteiger partial charge in [0.25, 0.3) is 0 Å². The minimum atomic E-state index is -4.47. The lowest BCUT2D eigenvalue weighted by atomic mass is 10.5. The van der Waals surface area contributed by atoms with Gasteiger partial charge in [-0.1, -0.05) is 0 Å². The van der Waals surface area contributed by atoms with Gasteiger partial charge in [0.15, 0.2) is 0 Å². The van der Waals surface area contributed by atoms with Crippen LogP contribution in [-0.2, 0) is 11.9 Å². The Morgan fingerprint density at radius 3 is 2.73 bits per heavy atom. The first-order valence-electron chi connectivity index (χ1n) is 4.65. The number of hydrogen-bond acceptors (Lipinski definition) is 3. The van der Waals surface area contributed by atoms with E-state index >= 15 is 0 Å². The number of alkyl halides is 3. The molecule has 1 aliphatic carbocycles. The fourth-order valence-electron chi connectivity index (χ4n) is 1.12. The van der Waals surface area contributed by atoms with Gasteiger partial charge in [-0.2, -0.15) is 24.9 Å². The number of nitrogens with zero attached hydrogens (tertiary/aromatic N) is 1. The van der Waals surface area contributed by atoms with Crippen LogP contribution in [0.25, 0.3) is 0 Å². The maximum Gasteiger partial charge on any atom is 0.468 e. The van der Waals surface area contributed by atoms with E-state index in [2.05, 4.69) is 9.40 Å². The van der Waals surface area contributed by atoms with Crippen LogP contribution in [0.5, 0.6) is 0 Å². The molecule has 15 heavy (non-hydrogen) atoms. The van der Waals surface area contributed by atoms with Crippen LogP contribution in [-0.4, -0.2) is 10.7 Å². The standard InChI is InChI=1S/C9H10F3NOS/c10-9(11,12)8-13-7(3-14-8)5-15-4-6-1-2-6/h3,6H,1-2,4-5H2. The molecule has 1 aromatic heterocycles. The van der Waals surface area contributed by atoms with Crippen LogP contribution in [0.3, 0.4) is 0 Å². The summed E-state index contributed by atoms with van der Waals surface area (Å²) < 4.78 is 40.6. The molecule has 0 saturated heterocycles. The summed E-state index contributed by atoms with van der Waals surface area (Å²) in [7, 11) is 0. The Labute approximate surface area is 89.2 Å². The molecule has 1 saturated carbocycles. The van der Waals surface area contributed by atoms with Crippen molar-refractivity contribution in [3.63, 3.8) is 0 Å². The van der Waals surface area contributed by atoms with Crippen molar-refractivity contribution in [1.29, 1.82) is 0 Å². The molecule has 0 radical (unpaired) electrons. The highest BCUT2D eigenvalue weighted by Gasteiger charge is 2.37. The lowest BCUT2D eigenvalue weighted by molar-refractivity contribution is -0.157. The summed E-state index contributed by atoms with van der Waals surface area (Å²) in [6.45, 7) is 0. The van der Waals surface area contributed by atoms with Crippen molar-refractivity contribution < 1.29 is 17.6 Å². The topological polar surface area (TPSA) is 26.0 Å². The van der Waals surface area contributed by atoms with E-state index in [0.717, 1.165) is 17.9 Å². The van der Waals surface area contributed by atoms with Crippen LogP contribution in [0.2, 0.25) is 0 Å². The van der Waals surface area contributed by atoms with Gasteiger partial charge >= 0.3 is 12.1 Å². The van der Waals surface area contributed by atoms with Gasteiger partial charge in [-0.3, -0.25) is 0 Å². The molecule has 0 N–H and O–H groups in total. The largest absolute Gasteiger partial charge is 0.468 e. The highest BCUT2D eigenvalue weighted by atomic mass is 32.2. The third-order valence-electron chi connectivity index (χ3n) is 2.09. The third kappa shape index (κ3) is 3.15. The number of thioether (sulfide) groups is 1. The van der Waals surface area contributed by atoms with Crippen molar-refractivity contribution in [2.45, 2.75) is 24.8 Å². The van der Waals surface area contributed by atoms with Gasteiger partial charge in [0.05, 0.1) is 5.69 Å². The Hall–Kier alpha value is -0.650. The molecule has 1 aliphatic rings. The molecule has 1 fully saturated rings. The minimum Gasteiger partial charge on any atom is -0.441 e. The predicted octanol–water partition coefficient (Wildman–Crippen LogP) is 3.34. The van der Waals surface area contributed by atoms with Gasteiger partial charge in [0, 0.05) is 5.75 Å². The Kier molecular flexibility index (Phi) is 2.95. The molecule has 0 bridgehead atoms. The zero-order valence-corrected chi connectivity index (χ0v) is 8.70. The monoisotopic (exact) mass is 237 g/mol. The van der Waals surface area contributed by atoms with E-state index < -0.39 is 12.1 Å². The Balaban J connectivity index is 1.83. The maximum absolute atomic E-state index is 12.1. The molecule has 2 rings (SSSR count). The highest BCUT2D eigenvalue weighted by Crippen LogP contribution is 2.34. The van der Waals surface area contributed by atoms with E-state index in [1.165, 1.54) is 12.8 Å². The normalized spacial score (nSPS) is 17.0. The lowest BCUT2D eigenvalue weighted by Gasteiger charge is -1.98. The fourth-order valence-corrected chi connectivity index (χ4v) is 2.24. The Morgan fingerprint density at radius 1 is 1.47 bits per heavy atom. The van der Waals surface area contributed by atoms with E-state index in [1.54, 1.807) is 11.8 Å². The number of halogens is 3. The first kappa shape index (κ1) is 10.9. The van der Waals surface area contributed by atoms with E-state index in [4.69, 9.17) is 0 Å². The minimum absolute atomic E-state index is 0.368. The molecule has 2 nitrogen and oxygen atoms in total. The van der Waals surface area contributed by atoms with Crippen molar-refractivity contribution in [1.82, 2.24) is 4.98 Å². The molecule has 0 atom stereocenters. The van der Waals surface area contributed by atoms with Crippen molar-refractivity contribution in [2.75, 3.05) is 5.75 Å². The molecule has 0 spiro atoms. The molecular weight excluding hydrogens is 227 g/mol. The molecular formula is C9H10F3NOS. The van der Waals surface area contributed by atoms with Crippen LogP contribution in [0.4, 0.5) is 13.2 Å². The number of oxazole rings is 1. The van der Waals surface area contributed by atoms with Crippen LogP contribution in [0, 0.1) is 5.92 Å². The predicted molar refractivity (Wildman–Crippen MR) is 50.4 cm³/mol. The van der Waals surface area contributed by atoms with Crippen molar-refractivity contribution in [2.24, 2.45) is 5.92 Å². The average molecular weight is 237 g/mol. The van der Waals surface area contributed by atoms with E-state index in [0.29, 0.717) is 11.4 Å². The van der Waals surface area contributed by atoms with Gasteiger partial charge < -0.3 is 4.42 Å². The second kappa shape index (κ2) is 4.08. The first-order valence-corrected chi connectivity index (χ1v) is 5.80. The van der Waals surface area contributed by atoms with Crippen LogP contribution >= 0.6 is 11.8 Å². The summed E-state index contributed by atoms with van der Waals surface area (Å²) in [4.78, 5) is 3.39. The molecule has 1 aromatic rings. The average Bonchev–Trinajstić information content (AvgIpc) is 2.80. The van der Waals surface area contributed by atoms with E-state index in [1.807, 2.05) is 0 Å².